The standard InChI is InChI=1S/C6H12N/c1-4-6-7(3)5-2/h4-6H,1-3H3/q+1/b6-4-,7-5?. The highest BCUT2D eigenvalue weighted by Crippen LogP contribution is 1.67. The lowest BCUT2D eigenvalue weighted by molar-refractivity contribution is -0.417. The third kappa shape index (κ3) is 3.23. The summed E-state index contributed by atoms with van der Waals surface area (Å²) >= 11 is 0. The second-order valence-corrected chi connectivity index (χ2v) is 1.41. The molecule has 0 atom stereocenters. The molecule has 0 amide bonds. The molecular weight excluding hydrogens is 86.1 g/mol. The van der Waals surface area contributed by atoms with Crippen LogP contribution in [0.3, 0.4) is 0 Å². The Bertz CT molecular complexity index is 90.4. The summed E-state index contributed by atoms with van der Waals surface area (Å²) in [5.74, 6) is 0. The van der Waals surface area contributed by atoms with Gasteiger partial charge < -0.3 is 0 Å². The average Bonchev–Trinajstić information content (AvgIpc) is 1.68. The Morgan fingerprint density at radius 1 is 1.29 bits per heavy atom. The van der Waals surface area contributed by atoms with E-state index in [1.165, 1.54) is 0 Å². The molecule has 0 fully saturated rings. The van der Waals surface area contributed by atoms with Crippen LogP contribution in [0.15, 0.2) is 12.3 Å². The van der Waals surface area contributed by atoms with Gasteiger partial charge in [-0.05, 0) is 13.0 Å². The number of allylic oxidation sites excluding steroid dienone is 1. The van der Waals surface area contributed by atoms with E-state index in [9.17, 15) is 0 Å². The van der Waals surface area contributed by atoms with Crippen molar-refractivity contribution in [3.8, 4) is 0 Å². The van der Waals surface area contributed by atoms with Gasteiger partial charge in [0.2, 0.25) is 0 Å². The highest BCUT2D eigenvalue weighted by atomic mass is 14.9. The minimum Gasteiger partial charge on any atom is -0.212 e. The van der Waals surface area contributed by atoms with E-state index in [0.717, 1.165) is 0 Å². The van der Waals surface area contributed by atoms with Crippen molar-refractivity contribution < 1.29 is 4.58 Å². The Labute approximate surface area is 45.0 Å². The van der Waals surface area contributed by atoms with Crippen LogP contribution < -0.4 is 0 Å². The van der Waals surface area contributed by atoms with Gasteiger partial charge in [-0.1, -0.05) is 0 Å². The molecule has 0 saturated carbocycles. The Balaban J connectivity index is 3.58. The smallest absolute Gasteiger partial charge is 0.163 e. The first-order chi connectivity index (χ1) is 3.31. The van der Waals surface area contributed by atoms with E-state index >= 15 is 0 Å². The van der Waals surface area contributed by atoms with Gasteiger partial charge in [0.25, 0.3) is 0 Å². The zero-order valence-electron chi connectivity index (χ0n) is 5.18. The van der Waals surface area contributed by atoms with Crippen LogP contribution in [0.5, 0.6) is 0 Å². The molecule has 0 aliphatic rings. The summed E-state index contributed by atoms with van der Waals surface area (Å²) in [6.07, 6.45) is 6.00. The summed E-state index contributed by atoms with van der Waals surface area (Å²) in [6, 6.07) is 0. The molecule has 7 heavy (non-hydrogen) atoms. The predicted octanol–water partition coefficient (Wildman–Crippen LogP) is 1.25. The van der Waals surface area contributed by atoms with Gasteiger partial charge in [0, 0.05) is 6.92 Å². The van der Waals surface area contributed by atoms with E-state index < -0.39 is 0 Å². The highest BCUT2D eigenvalue weighted by molar-refractivity contribution is 5.46. The maximum atomic E-state index is 2.00. The lowest BCUT2D eigenvalue weighted by Crippen LogP contribution is -1.92. The summed E-state index contributed by atoms with van der Waals surface area (Å²) < 4.78 is 2.00. The van der Waals surface area contributed by atoms with Gasteiger partial charge >= 0.3 is 0 Å². The molecule has 0 spiro atoms. The highest BCUT2D eigenvalue weighted by Gasteiger charge is 1.75. The summed E-state index contributed by atoms with van der Waals surface area (Å²) in [7, 11) is 2.00. The van der Waals surface area contributed by atoms with Crippen molar-refractivity contribution in [3.05, 3.63) is 12.3 Å². The van der Waals surface area contributed by atoms with Gasteiger partial charge in [-0.3, -0.25) is 0 Å². The maximum Gasteiger partial charge on any atom is 0.163 e. The second kappa shape index (κ2) is 3.59. The van der Waals surface area contributed by atoms with E-state index in [1.54, 1.807) is 0 Å². The zero-order valence-corrected chi connectivity index (χ0v) is 5.18. The number of hydrogen-bond donors (Lipinski definition) is 0. The third-order valence-corrected chi connectivity index (χ3v) is 0.791. The van der Waals surface area contributed by atoms with Crippen LogP contribution in [0, 0.1) is 0 Å². The van der Waals surface area contributed by atoms with E-state index in [2.05, 4.69) is 0 Å². The van der Waals surface area contributed by atoms with Gasteiger partial charge in [-0.25, -0.2) is 4.58 Å². The summed E-state index contributed by atoms with van der Waals surface area (Å²) in [5.41, 5.74) is 0. The van der Waals surface area contributed by atoms with Crippen molar-refractivity contribution in [2.45, 2.75) is 13.8 Å². The Morgan fingerprint density at radius 3 is 2.00 bits per heavy atom. The SMILES string of the molecule is CC=[N+](C)/C=C\C. The molecule has 0 aromatic carbocycles. The molecule has 0 aromatic rings. The van der Waals surface area contributed by atoms with Crippen LogP contribution in [0.2, 0.25) is 0 Å². The largest absolute Gasteiger partial charge is 0.212 e. The van der Waals surface area contributed by atoms with Crippen molar-refractivity contribution in [2.24, 2.45) is 0 Å². The van der Waals surface area contributed by atoms with Crippen molar-refractivity contribution in [2.75, 3.05) is 7.05 Å². The minimum atomic E-state index is 2.00. The Morgan fingerprint density at radius 2 is 1.86 bits per heavy atom. The minimum absolute atomic E-state index is 2.00. The van der Waals surface area contributed by atoms with Gasteiger partial charge in [-0.2, -0.15) is 0 Å². The van der Waals surface area contributed by atoms with Crippen molar-refractivity contribution in [1.29, 1.82) is 0 Å². The fraction of sp³-hybridized carbons (Fsp3) is 0.500. The monoisotopic (exact) mass is 98.1 g/mol. The maximum absolute atomic E-state index is 2.00. The first-order valence-corrected chi connectivity index (χ1v) is 2.45. The fourth-order valence-electron chi connectivity index (χ4n) is 0.321. The molecule has 0 N–H and O–H groups in total. The van der Waals surface area contributed by atoms with Gasteiger partial charge in [0.05, 0.1) is 0 Å². The molecule has 0 saturated heterocycles. The van der Waals surface area contributed by atoms with E-state index in [4.69, 9.17) is 0 Å². The van der Waals surface area contributed by atoms with Crippen LogP contribution in [-0.4, -0.2) is 17.8 Å². The Kier molecular flexibility index (Phi) is 3.29. The molecular formula is C6H12N+. The molecule has 0 aliphatic heterocycles. The van der Waals surface area contributed by atoms with Crippen LogP contribution in [0.4, 0.5) is 0 Å². The molecule has 0 unspecified atom stereocenters. The lowest BCUT2D eigenvalue weighted by atomic mass is 10.7. The third-order valence-electron chi connectivity index (χ3n) is 0.791. The lowest BCUT2D eigenvalue weighted by Gasteiger charge is -1.77. The van der Waals surface area contributed by atoms with Crippen molar-refractivity contribution in [1.82, 2.24) is 0 Å². The molecule has 0 aliphatic carbocycles. The first kappa shape index (κ1) is 6.41. The van der Waals surface area contributed by atoms with Gasteiger partial charge in [0.1, 0.15) is 13.3 Å². The molecule has 0 rings (SSSR count). The number of hydrogen-bond acceptors (Lipinski definition) is 0. The quantitative estimate of drug-likeness (QED) is 0.343. The molecule has 40 valence electrons. The summed E-state index contributed by atoms with van der Waals surface area (Å²) in [5, 5.41) is 0. The fourth-order valence-corrected chi connectivity index (χ4v) is 0.321. The predicted molar refractivity (Wildman–Crippen MR) is 32.7 cm³/mol. The Hall–Kier alpha value is -0.590. The molecule has 0 heterocycles. The molecule has 0 bridgehead atoms. The topological polar surface area (TPSA) is 3.01 Å². The summed E-state index contributed by atoms with van der Waals surface area (Å²) in [4.78, 5) is 0. The van der Waals surface area contributed by atoms with Crippen LogP contribution in [0.25, 0.3) is 0 Å². The van der Waals surface area contributed by atoms with Gasteiger partial charge in [-0.15, -0.1) is 0 Å². The summed E-state index contributed by atoms with van der Waals surface area (Å²) in [6.45, 7) is 4.00. The average molecular weight is 98.2 g/mol. The zero-order chi connectivity index (χ0) is 5.70. The number of rotatable bonds is 1. The normalized spacial score (nSPS) is 13.3. The second-order valence-electron chi connectivity index (χ2n) is 1.41. The van der Waals surface area contributed by atoms with Gasteiger partial charge in [0.15, 0.2) is 6.20 Å². The van der Waals surface area contributed by atoms with E-state index in [-0.39, 0.29) is 0 Å². The molecule has 1 heteroatoms. The van der Waals surface area contributed by atoms with E-state index in [1.807, 2.05) is 44.0 Å². The van der Waals surface area contributed by atoms with Crippen LogP contribution in [0.1, 0.15) is 13.8 Å². The van der Waals surface area contributed by atoms with E-state index in [0.29, 0.717) is 0 Å². The van der Waals surface area contributed by atoms with Crippen molar-refractivity contribution in [3.63, 3.8) is 0 Å². The molecule has 1 nitrogen and oxygen atoms in total. The first-order valence-electron chi connectivity index (χ1n) is 2.45. The van der Waals surface area contributed by atoms with Crippen molar-refractivity contribution >= 4 is 6.21 Å². The van der Waals surface area contributed by atoms with Crippen LogP contribution >= 0.6 is 0 Å². The van der Waals surface area contributed by atoms with Crippen LogP contribution in [-0.2, 0) is 0 Å². The number of nitrogens with zero attached hydrogens (tertiary/aromatic N) is 1. The molecule has 0 radical (unpaired) electrons. The molecule has 0 aromatic heterocycles.